The smallest absolute Gasteiger partial charge is 0.223 e. The predicted molar refractivity (Wildman–Crippen MR) is 86.0 cm³/mol. The van der Waals surface area contributed by atoms with Gasteiger partial charge in [-0.1, -0.05) is 18.6 Å². The van der Waals surface area contributed by atoms with Gasteiger partial charge in [-0.05, 0) is 43.9 Å². The van der Waals surface area contributed by atoms with Gasteiger partial charge in [-0.25, -0.2) is 8.42 Å². The van der Waals surface area contributed by atoms with Crippen molar-refractivity contribution in [3.63, 3.8) is 0 Å². The molecule has 3 atom stereocenters. The van der Waals surface area contributed by atoms with Gasteiger partial charge in [0.15, 0.2) is 9.84 Å². The van der Waals surface area contributed by atoms with E-state index in [1.165, 1.54) is 6.26 Å². The maximum atomic E-state index is 12.3. The van der Waals surface area contributed by atoms with E-state index in [1.54, 1.807) is 24.3 Å². The van der Waals surface area contributed by atoms with Crippen LogP contribution in [0.15, 0.2) is 29.2 Å². The fraction of sp³-hybridized carbons (Fsp3) is 0.562. The molecule has 0 heterocycles. The molecule has 0 saturated heterocycles. The SMILES string of the molecule is CC(NC(=O)C1CCCC(N)C1)c1ccc(S(C)(=O)=O)cc1. The molecule has 2 rings (SSSR count). The van der Waals surface area contributed by atoms with Crippen LogP contribution < -0.4 is 11.1 Å². The van der Waals surface area contributed by atoms with Crippen LogP contribution in [0, 0.1) is 5.92 Å². The van der Waals surface area contributed by atoms with E-state index in [-0.39, 0.29) is 28.8 Å². The minimum absolute atomic E-state index is 0.0125. The Morgan fingerprint density at radius 2 is 1.91 bits per heavy atom. The number of sulfone groups is 1. The number of nitrogens with two attached hydrogens (primary N) is 1. The van der Waals surface area contributed by atoms with Gasteiger partial charge in [0, 0.05) is 18.2 Å². The van der Waals surface area contributed by atoms with Crippen molar-refractivity contribution in [1.82, 2.24) is 5.32 Å². The number of hydrogen-bond acceptors (Lipinski definition) is 4. The van der Waals surface area contributed by atoms with Gasteiger partial charge in [0.2, 0.25) is 5.91 Å². The van der Waals surface area contributed by atoms with Gasteiger partial charge >= 0.3 is 0 Å². The third kappa shape index (κ3) is 4.30. The Kier molecular flexibility index (Phi) is 5.24. The molecule has 0 aromatic heterocycles. The number of nitrogens with one attached hydrogen (secondary N) is 1. The summed E-state index contributed by atoms with van der Waals surface area (Å²) in [7, 11) is -3.19. The van der Waals surface area contributed by atoms with Crippen LogP contribution in [0.1, 0.15) is 44.2 Å². The molecule has 1 amide bonds. The van der Waals surface area contributed by atoms with E-state index in [1.807, 2.05) is 6.92 Å². The third-order valence-electron chi connectivity index (χ3n) is 4.25. The van der Waals surface area contributed by atoms with E-state index in [0.717, 1.165) is 31.2 Å². The minimum Gasteiger partial charge on any atom is -0.349 e. The first-order valence-corrected chi connectivity index (χ1v) is 9.52. The molecule has 122 valence electrons. The van der Waals surface area contributed by atoms with Crippen LogP contribution in [0.25, 0.3) is 0 Å². The molecular weight excluding hydrogens is 300 g/mol. The second kappa shape index (κ2) is 6.79. The van der Waals surface area contributed by atoms with Gasteiger partial charge in [0.05, 0.1) is 10.9 Å². The zero-order valence-electron chi connectivity index (χ0n) is 13.1. The van der Waals surface area contributed by atoms with Crippen molar-refractivity contribution >= 4 is 15.7 Å². The molecule has 0 radical (unpaired) electrons. The first-order valence-electron chi connectivity index (χ1n) is 7.63. The first kappa shape index (κ1) is 17.0. The molecule has 0 spiro atoms. The molecule has 1 fully saturated rings. The lowest BCUT2D eigenvalue weighted by atomic mass is 9.85. The minimum atomic E-state index is -3.19. The molecule has 3 unspecified atom stereocenters. The Morgan fingerprint density at radius 1 is 1.27 bits per heavy atom. The summed E-state index contributed by atoms with van der Waals surface area (Å²) in [6.07, 6.45) is 4.80. The fourth-order valence-electron chi connectivity index (χ4n) is 2.88. The lowest BCUT2D eigenvalue weighted by molar-refractivity contribution is -0.126. The molecule has 22 heavy (non-hydrogen) atoms. The Bertz CT molecular complexity index is 625. The van der Waals surface area contributed by atoms with Crippen LogP contribution in [0.2, 0.25) is 0 Å². The van der Waals surface area contributed by atoms with Crippen LogP contribution in [0.5, 0.6) is 0 Å². The van der Waals surface area contributed by atoms with Crippen molar-refractivity contribution in [3.05, 3.63) is 29.8 Å². The maximum absolute atomic E-state index is 12.3. The average molecular weight is 324 g/mol. The lowest BCUT2D eigenvalue weighted by Crippen LogP contribution is -2.38. The number of carbonyl (C=O) groups excluding carboxylic acids is 1. The van der Waals surface area contributed by atoms with E-state index >= 15 is 0 Å². The van der Waals surface area contributed by atoms with E-state index in [2.05, 4.69) is 5.32 Å². The summed E-state index contributed by atoms with van der Waals surface area (Å²) >= 11 is 0. The molecule has 1 saturated carbocycles. The number of benzene rings is 1. The number of hydrogen-bond donors (Lipinski definition) is 2. The summed E-state index contributed by atoms with van der Waals surface area (Å²) in [4.78, 5) is 12.6. The predicted octanol–water partition coefficient (Wildman–Crippen LogP) is 1.78. The van der Waals surface area contributed by atoms with E-state index in [9.17, 15) is 13.2 Å². The molecule has 0 bridgehead atoms. The zero-order chi connectivity index (χ0) is 16.3. The molecular formula is C16H24N2O3S. The second-order valence-electron chi connectivity index (χ2n) is 6.20. The summed E-state index contributed by atoms with van der Waals surface area (Å²) in [6.45, 7) is 1.90. The second-order valence-corrected chi connectivity index (χ2v) is 8.21. The quantitative estimate of drug-likeness (QED) is 0.883. The van der Waals surface area contributed by atoms with Crippen LogP contribution in [0.3, 0.4) is 0 Å². The first-order chi connectivity index (χ1) is 10.3. The molecule has 0 aliphatic heterocycles. The number of rotatable bonds is 4. The standard InChI is InChI=1S/C16H24N2O3S/c1-11(12-6-8-15(9-7-12)22(2,20)21)18-16(19)13-4-3-5-14(17)10-13/h6-9,11,13-14H,3-5,10,17H2,1-2H3,(H,18,19). The van der Waals surface area contributed by atoms with Gasteiger partial charge < -0.3 is 11.1 Å². The van der Waals surface area contributed by atoms with E-state index in [4.69, 9.17) is 5.73 Å². The Morgan fingerprint density at radius 3 is 2.45 bits per heavy atom. The third-order valence-corrected chi connectivity index (χ3v) is 5.38. The topological polar surface area (TPSA) is 89.3 Å². The number of amides is 1. The molecule has 1 aliphatic carbocycles. The van der Waals surface area contributed by atoms with Crippen molar-refractivity contribution in [1.29, 1.82) is 0 Å². The average Bonchev–Trinajstić information content (AvgIpc) is 2.46. The highest BCUT2D eigenvalue weighted by molar-refractivity contribution is 7.90. The highest BCUT2D eigenvalue weighted by Gasteiger charge is 2.26. The largest absolute Gasteiger partial charge is 0.349 e. The monoisotopic (exact) mass is 324 g/mol. The van der Waals surface area contributed by atoms with Crippen molar-refractivity contribution in [2.45, 2.75) is 49.6 Å². The van der Waals surface area contributed by atoms with E-state index in [0.29, 0.717) is 0 Å². The Hall–Kier alpha value is -1.40. The molecule has 1 aromatic rings. The Labute approximate surface area is 132 Å². The summed E-state index contributed by atoms with van der Waals surface area (Å²) in [6, 6.07) is 6.60. The lowest BCUT2D eigenvalue weighted by Gasteiger charge is -2.27. The Balaban J connectivity index is 1.99. The zero-order valence-corrected chi connectivity index (χ0v) is 13.9. The van der Waals surface area contributed by atoms with Crippen LogP contribution in [-0.2, 0) is 14.6 Å². The number of carbonyl (C=O) groups is 1. The van der Waals surface area contributed by atoms with Gasteiger partial charge in [0.25, 0.3) is 0 Å². The summed E-state index contributed by atoms with van der Waals surface area (Å²) in [5, 5.41) is 3.00. The molecule has 6 heteroatoms. The fourth-order valence-corrected chi connectivity index (χ4v) is 3.51. The normalized spacial score (nSPS) is 23.8. The maximum Gasteiger partial charge on any atom is 0.223 e. The van der Waals surface area contributed by atoms with Crippen LogP contribution in [-0.4, -0.2) is 26.6 Å². The highest BCUT2D eigenvalue weighted by Crippen LogP contribution is 2.24. The van der Waals surface area contributed by atoms with Crippen molar-refractivity contribution in [2.24, 2.45) is 11.7 Å². The van der Waals surface area contributed by atoms with E-state index < -0.39 is 9.84 Å². The molecule has 1 aromatic carbocycles. The summed E-state index contributed by atoms with van der Waals surface area (Å²) in [5.74, 6) is 0.0244. The summed E-state index contributed by atoms with van der Waals surface area (Å²) < 4.78 is 22.9. The highest BCUT2D eigenvalue weighted by atomic mass is 32.2. The van der Waals surface area contributed by atoms with Crippen LogP contribution >= 0.6 is 0 Å². The van der Waals surface area contributed by atoms with Gasteiger partial charge in [-0.15, -0.1) is 0 Å². The van der Waals surface area contributed by atoms with Crippen LogP contribution in [0.4, 0.5) is 0 Å². The van der Waals surface area contributed by atoms with Crippen molar-refractivity contribution < 1.29 is 13.2 Å². The van der Waals surface area contributed by atoms with Gasteiger partial charge in [-0.3, -0.25) is 4.79 Å². The van der Waals surface area contributed by atoms with Gasteiger partial charge in [0.1, 0.15) is 0 Å². The molecule has 1 aliphatic rings. The van der Waals surface area contributed by atoms with Gasteiger partial charge in [-0.2, -0.15) is 0 Å². The molecule has 3 N–H and O–H groups in total. The van der Waals surface area contributed by atoms with Crippen molar-refractivity contribution in [2.75, 3.05) is 6.26 Å². The van der Waals surface area contributed by atoms with Crippen molar-refractivity contribution in [3.8, 4) is 0 Å². The summed E-state index contributed by atoms with van der Waals surface area (Å²) in [5.41, 5.74) is 6.82. The molecule has 5 nitrogen and oxygen atoms in total.